The lowest BCUT2D eigenvalue weighted by Gasteiger charge is -2.10. The zero-order valence-corrected chi connectivity index (χ0v) is 11.1. The van der Waals surface area contributed by atoms with E-state index in [1.807, 2.05) is 0 Å². The third-order valence-corrected chi connectivity index (χ3v) is 4.36. The maximum Gasteiger partial charge on any atom is 0.278 e. The van der Waals surface area contributed by atoms with Gasteiger partial charge in [-0.1, -0.05) is 12.1 Å². The van der Waals surface area contributed by atoms with Gasteiger partial charge in [-0.2, -0.15) is 0 Å². The van der Waals surface area contributed by atoms with E-state index >= 15 is 0 Å². The Balaban J connectivity index is 2.56. The summed E-state index contributed by atoms with van der Waals surface area (Å²) in [4.78, 5) is 10.4. The zero-order valence-electron chi connectivity index (χ0n) is 10.3. The number of primary sulfonamides is 1. The van der Waals surface area contributed by atoms with Crippen molar-refractivity contribution in [3.8, 4) is 0 Å². The van der Waals surface area contributed by atoms with E-state index in [4.69, 9.17) is 5.14 Å². The summed E-state index contributed by atoms with van der Waals surface area (Å²) in [6.45, 7) is 1.08. The van der Waals surface area contributed by atoms with Crippen molar-refractivity contribution in [3.05, 3.63) is 45.5 Å². The van der Waals surface area contributed by atoms with Crippen LogP contribution in [-0.4, -0.2) is 13.3 Å². The van der Waals surface area contributed by atoms with Gasteiger partial charge in [-0.25, -0.2) is 13.6 Å². The minimum atomic E-state index is -4.04. The molecule has 8 heteroatoms. The molecule has 0 aliphatic carbocycles. The zero-order chi connectivity index (χ0) is 14.5. The summed E-state index contributed by atoms with van der Waals surface area (Å²) in [6.07, 6.45) is 0. The first kappa shape index (κ1) is 13.0. The van der Waals surface area contributed by atoms with Crippen LogP contribution in [0.2, 0.25) is 0 Å². The Hall–Kier alpha value is -2.03. The van der Waals surface area contributed by atoms with Crippen LogP contribution in [0.15, 0.2) is 29.2 Å². The SMILES string of the molecule is NS(=O)(=O)c1cc2c(c3cccc([N+](=O)[O-])c13)CNC2. The Morgan fingerprint density at radius 2 is 2.05 bits per heavy atom. The van der Waals surface area contributed by atoms with E-state index in [1.54, 1.807) is 12.1 Å². The van der Waals surface area contributed by atoms with Crippen molar-refractivity contribution >= 4 is 26.5 Å². The number of hydrogen-bond acceptors (Lipinski definition) is 5. The molecule has 2 aromatic carbocycles. The monoisotopic (exact) mass is 293 g/mol. The van der Waals surface area contributed by atoms with Crippen LogP contribution in [-0.2, 0) is 23.1 Å². The number of rotatable bonds is 2. The molecule has 1 aliphatic heterocycles. The van der Waals surface area contributed by atoms with Crippen LogP contribution in [0.3, 0.4) is 0 Å². The summed E-state index contributed by atoms with van der Waals surface area (Å²) in [5, 5.41) is 20.1. The standard InChI is InChI=1S/C12H11N3O4S/c13-20(18,19)11-4-7-5-14-6-9(7)8-2-1-3-10(12(8)11)15(16)17/h1-4,14H,5-6H2,(H2,13,18,19). The molecule has 1 aliphatic rings. The molecule has 0 unspecified atom stereocenters. The van der Waals surface area contributed by atoms with Crippen molar-refractivity contribution in [1.82, 2.24) is 5.32 Å². The van der Waals surface area contributed by atoms with Crippen molar-refractivity contribution in [2.45, 2.75) is 18.0 Å². The molecule has 1 heterocycles. The van der Waals surface area contributed by atoms with Crippen LogP contribution >= 0.6 is 0 Å². The van der Waals surface area contributed by atoms with Gasteiger partial charge < -0.3 is 5.32 Å². The quantitative estimate of drug-likeness (QED) is 0.633. The first-order valence-electron chi connectivity index (χ1n) is 5.85. The molecule has 0 amide bonds. The lowest BCUT2D eigenvalue weighted by atomic mass is 10.00. The molecule has 0 saturated heterocycles. The average molecular weight is 293 g/mol. The van der Waals surface area contributed by atoms with Gasteiger partial charge in [0.05, 0.1) is 15.2 Å². The third kappa shape index (κ3) is 1.85. The topological polar surface area (TPSA) is 115 Å². The number of hydrogen-bond donors (Lipinski definition) is 2. The summed E-state index contributed by atoms with van der Waals surface area (Å²) >= 11 is 0. The highest BCUT2D eigenvalue weighted by Crippen LogP contribution is 2.36. The van der Waals surface area contributed by atoms with Crippen molar-refractivity contribution < 1.29 is 13.3 Å². The Kier molecular flexibility index (Phi) is 2.75. The van der Waals surface area contributed by atoms with Gasteiger partial charge in [0.15, 0.2) is 0 Å². The van der Waals surface area contributed by atoms with Crippen molar-refractivity contribution in [1.29, 1.82) is 0 Å². The van der Waals surface area contributed by atoms with Crippen LogP contribution in [0.4, 0.5) is 5.69 Å². The number of sulfonamides is 1. The maximum absolute atomic E-state index is 11.8. The molecule has 2 aromatic rings. The number of nitro benzene ring substituents is 1. The molecule has 0 fully saturated rings. The minimum absolute atomic E-state index is 0.0856. The van der Waals surface area contributed by atoms with E-state index in [1.165, 1.54) is 12.1 Å². The molecule has 0 atom stereocenters. The summed E-state index contributed by atoms with van der Waals surface area (Å²) in [6, 6.07) is 5.95. The first-order valence-corrected chi connectivity index (χ1v) is 7.39. The van der Waals surface area contributed by atoms with Crippen LogP contribution in [0.5, 0.6) is 0 Å². The van der Waals surface area contributed by atoms with Gasteiger partial charge >= 0.3 is 0 Å². The molecule has 0 spiro atoms. The molecule has 20 heavy (non-hydrogen) atoms. The fourth-order valence-electron chi connectivity index (χ4n) is 2.61. The summed E-state index contributed by atoms with van der Waals surface area (Å²) < 4.78 is 23.5. The van der Waals surface area contributed by atoms with Gasteiger partial charge in [-0.05, 0) is 22.6 Å². The first-order chi connectivity index (χ1) is 9.39. The molecule has 104 valence electrons. The second-order valence-corrected chi connectivity index (χ2v) is 6.15. The maximum atomic E-state index is 11.8. The van der Waals surface area contributed by atoms with Gasteiger partial charge in [0.25, 0.3) is 5.69 Å². The summed E-state index contributed by atoms with van der Waals surface area (Å²) in [7, 11) is -4.04. The van der Waals surface area contributed by atoms with E-state index in [0.717, 1.165) is 11.1 Å². The Bertz CT molecular complexity index is 845. The molecule has 3 N–H and O–H groups in total. The van der Waals surface area contributed by atoms with E-state index in [2.05, 4.69) is 5.32 Å². The van der Waals surface area contributed by atoms with E-state index in [9.17, 15) is 18.5 Å². The summed E-state index contributed by atoms with van der Waals surface area (Å²) in [5.41, 5.74) is 1.44. The molecule has 0 saturated carbocycles. The van der Waals surface area contributed by atoms with Crippen molar-refractivity contribution in [2.75, 3.05) is 0 Å². The van der Waals surface area contributed by atoms with Crippen LogP contribution in [0.25, 0.3) is 10.8 Å². The largest absolute Gasteiger partial charge is 0.309 e. The number of fused-ring (bicyclic) bond motifs is 3. The Labute approximate surface area is 114 Å². The minimum Gasteiger partial charge on any atom is -0.309 e. The number of nitro groups is 1. The second kappa shape index (κ2) is 4.23. The fourth-order valence-corrected chi connectivity index (χ4v) is 3.41. The molecule has 0 bridgehead atoms. The summed E-state index contributed by atoms with van der Waals surface area (Å²) in [5.74, 6) is 0. The number of nitrogens with zero attached hydrogens (tertiary/aromatic N) is 1. The van der Waals surface area contributed by atoms with Crippen molar-refractivity contribution in [2.24, 2.45) is 5.14 Å². The number of benzene rings is 2. The fraction of sp³-hybridized carbons (Fsp3) is 0.167. The predicted octanol–water partition coefficient (Wildman–Crippen LogP) is 0.999. The lowest BCUT2D eigenvalue weighted by Crippen LogP contribution is -2.14. The van der Waals surface area contributed by atoms with Gasteiger partial charge in [0, 0.05) is 19.2 Å². The number of nitrogens with two attached hydrogens (primary N) is 1. The van der Waals surface area contributed by atoms with E-state index < -0.39 is 14.9 Å². The smallest absolute Gasteiger partial charge is 0.278 e. The van der Waals surface area contributed by atoms with Gasteiger partial charge in [-0.15, -0.1) is 0 Å². The molecular formula is C12H11N3O4S. The van der Waals surface area contributed by atoms with Crippen LogP contribution in [0.1, 0.15) is 11.1 Å². The lowest BCUT2D eigenvalue weighted by molar-refractivity contribution is -0.383. The highest BCUT2D eigenvalue weighted by molar-refractivity contribution is 7.89. The van der Waals surface area contributed by atoms with Crippen LogP contribution < -0.4 is 10.5 Å². The molecule has 0 radical (unpaired) electrons. The van der Waals surface area contributed by atoms with Gasteiger partial charge in [0.2, 0.25) is 10.0 Å². The van der Waals surface area contributed by atoms with E-state index in [-0.39, 0.29) is 16.0 Å². The normalized spacial score (nSPS) is 14.4. The molecular weight excluding hydrogens is 282 g/mol. The van der Waals surface area contributed by atoms with Gasteiger partial charge in [-0.3, -0.25) is 10.1 Å². The number of non-ortho nitro benzene ring substituents is 1. The highest BCUT2D eigenvalue weighted by atomic mass is 32.2. The molecule has 3 rings (SSSR count). The predicted molar refractivity (Wildman–Crippen MR) is 72.5 cm³/mol. The highest BCUT2D eigenvalue weighted by Gasteiger charge is 2.26. The number of nitrogens with one attached hydrogen (secondary N) is 1. The van der Waals surface area contributed by atoms with E-state index in [0.29, 0.717) is 18.5 Å². The molecule has 0 aromatic heterocycles. The van der Waals surface area contributed by atoms with Crippen LogP contribution in [0, 0.1) is 10.1 Å². The Morgan fingerprint density at radius 3 is 2.70 bits per heavy atom. The second-order valence-electron chi connectivity index (χ2n) is 4.62. The van der Waals surface area contributed by atoms with Gasteiger partial charge in [0.1, 0.15) is 0 Å². The Morgan fingerprint density at radius 1 is 1.30 bits per heavy atom. The average Bonchev–Trinajstić information content (AvgIpc) is 2.84. The third-order valence-electron chi connectivity index (χ3n) is 3.43. The molecule has 7 nitrogen and oxygen atoms in total. The van der Waals surface area contributed by atoms with Crippen molar-refractivity contribution in [3.63, 3.8) is 0 Å².